The third-order valence-corrected chi connectivity index (χ3v) is 4.11. The van der Waals surface area contributed by atoms with E-state index < -0.39 is 11.8 Å². The lowest BCUT2D eigenvalue weighted by molar-refractivity contribution is -0.104. The van der Waals surface area contributed by atoms with Crippen LogP contribution in [0.3, 0.4) is 0 Å². The zero-order chi connectivity index (χ0) is 20.5. The van der Waals surface area contributed by atoms with Crippen molar-refractivity contribution in [2.45, 2.75) is 12.5 Å². The number of hydrogen-bond acceptors (Lipinski definition) is 6. The Morgan fingerprint density at radius 3 is 2.55 bits per heavy atom. The Hall–Kier alpha value is -3.03. The number of carbonyl (C=O) groups is 2. The van der Waals surface area contributed by atoms with Crippen LogP contribution in [0, 0.1) is 5.82 Å². The SMILES string of the molecule is O=C/C=C/c1ccc(OC(=O)c2ccc(OCCOCCC3CO3)cc2)cc1F. The first-order valence-corrected chi connectivity index (χ1v) is 9.21. The first-order valence-electron chi connectivity index (χ1n) is 9.21. The van der Waals surface area contributed by atoms with E-state index in [1.807, 2.05) is 0 Å². The summed E-state index contributed by atoms with van der Waals surface area (Å²) >= 11 is 0. The molecule has 0 aliphatic carbocycles. The molecule has 3 rings (SSSR count). The van der Waals surface area contributed by atoms with Crippen molar-refractivity contribution in [2.75, 3.05) is 26.4 Å². The Morgan fingerprint density at radius 1 is 1.10 bits per heavy atom. The molecule has 0 radical (unpaired) electrons. The van der Waals surface area contributed by atoms with E-state index in [1.54, 1.807) is 24.3 Å². The van der Waals surface area contributed by atoms with Gasteiger partial charge in [-0.15, -0.1) is 0 Å². The van der Waals surface area contributed by atoms with Gasteiger partial charge in [0.05, 0.1) is 24.9 Å². The fourth-order valence-corrected chi connectivity index (χ4v) is 2.47. The highest BCUT2D eigenvalue weighted by Crippen LogP contribution is 2.20. The van der Waals surface area contributed by atoms with Crippen LogP contribution in [0.2, 0.25) is 0 Å². The Labute approximate surface area is 167 Å². The summed E-state index contributed by atoms with van der Waals surface area (Å²) in [7, 11) is 0. The summed E-state index contributed by atoms with van der Waals surface area (Å²) in [5.41, 5.74) is 0.534. The summed E-state index contributed by atoms with van der Waals surface area (Å²) in [5, 5.41) is 0. The Kier molecular flexibility index (Phi) is 7.49. The highest BCUT2D eigenvalue weighted by Gasteiger charge is 2.21. The summed E-state index contributed by atoms with van der Waals surface area (Å²) < 4.78 is 35.2. The fraction of sp³-hybridized carbons (Fsp3) is 0.273. The molecule has 1 aliphatic rings. The van der Waals surface area contributed by atoms with Gasteiger partial charge >= 0.3 is 5.97 Å². The van der Waals surface area contributed by atoms with E-state index in [4.69, 9.17) is 18.9 Å². The van der Waals surface area contributed by atoms with E-state index in [-0.39, 0.29) is 11.3 Å². The zero-order valence-corrected chi connectivity index (χ0v) is 15.7. The lowest BCUT2D eigenvalue weighted by Crippen LogP contribution is -2.10. The summed E-state index contributed by atoms with van der Waals surface area (Å²) in [4.78, 5) is 22.5. The molecule has 29 heavy (non-hydrogen) atoms. The van der Waals surface area contributed by atoms with E-state index in [9.17, 15) is 14.0 Å². The predicted molar refractivity (Wildman–Crippen MR) is 104 cm³/mol. The molecule has 1 saturated heterocycles. The summed E-state index contributed by atoms with van der Waals surface area (Å²) in [6.45, 7) is 2.35. The Morgan fingerprint density at radius 2 is 1.86 bits per heavy atom. The molecule has 0 amide bonds. The molecule has 0 spiro atoms. The molecule has 0 N–H and O–H groups in total. The van der Waals surface area contributed by atoms with Crippen LogP contribution in [0.5, 0.6) is 11.5 Å². The van der Waals surface area contributed by atoms with Crippen molar-refractivity contribution in [3.8, 4) is 11.5 Å². The van der Waals surface area contributed by atoms with Crippen LogP contribution in [-0.2, 0) is 14.3 Å². The Balaban J connectivity index is 1.45. The van der Waals surface area contributed by atoms with E-state index in [1.165, 1.54) is 24.3 Å². The number of epoxide rings is 1. The normalized spacial score (nSPS) is 15.3. The first-order chi connectivity index (χ1) is 14.2. The third kappa shape index (κ3) is 6.81. The van der Waals surface area contributed by atoms with E-state index >= 15 is 0 Å². The lowest BCUT2D eigenvalue weighted by Gasteiger charge is -2.08. The minimum absolute atomic E-state index is 0.0739. The molecule has 1 heterocycles. The van der Waals surface area contributed by atoms with E-state index in [0.717, 1.165) is 19.1 Å². The van der Waals surface area contributed by atoms with Gasteiger partial charge in [-0.25, -0.2) is 9.18 Å². The molecule has 2 aromatic carbocycles. The molecule has 1 unspecified atom stereocenters. The summed E-state index contributed by atoms with van der Waals surface area (Å²) in [6, 6.07) is 10.4. The van der Waals surface area contributed by atoms with Gasteiger partial charge in [-0.1, -0.05) is 0 Å². The van der Waals surface area contributed by atoms with Crippen LogP contribution >= 0.6 is 0 Å². The number of esters is 1. The van der Waals surface area contributed by atoms with Crippen molar-refractivity contribution >= 4 is 18.3 Å². The molecule has 1 atom stereocenters. The van der Waals surface area contributed by atoms with Gasteiger partial charge in [0.2, 0.25) is 0 Å². The standard InChI is InChI=1S/C22H21FO6/c23-21-14-19(8-3-16(21)2-1-10-24)29-22(25)17-4-6-18(7-5-17)27-13-12-26-11-9-20-15-28-20/h1-8,10,14,20H,9,11-13,15H2/b2-1+. The fourth-order valence-electron chi connectivity index (χ4n) is 2.47. The third-order valence-electron chi connectivity index (χ3n) is 4.11. The van der Waals surface area contributed by atoms with Crippen LogP contribution in [0.15, 0.2) is 48.5 Å². The molecule has 1 fully saturated rings. The van der Waals surface area contributed by atoms with Crippen molar-refractivity contribution in [1.29, 1.82) is 0 Å². The first kappa shape index (κ1) is 20.7. The van der Waals surface area contributed by atoms with Crippen molar-refractivity contribution in [1.82, 2.24) is 0 Å². The summed E-state index contributed by atoms with van der Waals surface area (Å²) in [6.07, 6.45) is 4.33. The highest BCUT2D eigenvalue weighted by atomic mass is 19.1. The van der Waals surface area contributed by atoms with Crippen LogP contribution < -0.4 is 9.47 Å². The number of rotatable bonds is 11. The lowest BCUT2D eigenvalue weighted by atomic mass is 10.2. The second-order valence-electron chi connectivity index (χ2n) is 6.30. The summed E-state index contributed by atoms with van der Waals surface area (Å²) in [5.74, 6) is -0.528. The van der Waals surface area contributed by atoms with Crippen molar-refractivity contribution in [3.05, 3.63) is 65.5 Å². The molecular formula is C22H21FO6. The minimum atomic E-state index is -0.613. The molecule has 0 saturated carbocycles. The number of ether oxygens (including phenoxy) is 4. The van der Waals surface area contributed by atoms with Crippen molar-refractivity contribution in [2.24, 2.45) is 0 Å². The van der Waals surface area contributed by atoms with E-state index in [2.05, 4.69) is 0 Å². The molecule has 7 heteroatoms. The Bertz CT molecular complexity index is 858. The molecular weight excluding hydrogens is 379 g/mol. The zero-order valence-electron chi connectivity index (χ0n) is 15.7. The monoisotopic (exact) mass is 400 g/mol. The molecule has 0 bridgehead atoms. The van der Waals surface area contributed by atoms with Gasteiger partial charge in [0.25, 0.3) is 0 Å². The number of allylic oxidation sites excluding steroid dienone is 1. The maximum atomic E-state index is 13.9. The average molecular weight is 400 g/mol. The van der Waals surface area contributed by atoms with Gasteiger partial charge in [-0.05, 0) is 55.0 Å². The van der Waals surface area contributed by atoms with Gasteiger partial charge in [0, 0.05) is 18.2 Å². The van der Waals surface area contributed by atoms with Crippen LogP contribution in [0.1, 0.15) is 22.3 Å². The highest BCUT2D eigenvalue weighted by molar-refractivity contribution is 5.91. The minimum Gasteiger partial charge on any atom is -0.491 e. The van der Waals surface area contributed by atoms with Gasteiger partial charge in [0.1, 0.15) is 30.2 Å². The smallest absolute Gasteiger partial charge is 0.343 e. The largest absolute Gasteiger partial charge is 0.491 e. The van der Waals surface area contributed by atoms with Crippen LogP contribution in [0.4, 0.5) is 4.39 Å². The van der Waals surface area contributed by atoms with E-state index in [0.29, 0.717) is 43.5 Å². The van der Waals surface area contributed by atoms with Gasteiger partial charge in [-0.2, -0.15) is 0 Å². The predicted octanol–water partition coefficient (Wildman–Crippen LogP) is 3.44. The molecule has 1 aliphatic heterocycles. The number of benzene rings is 2. The average Bonchev–Trinajstić information content (AvgIpc) is 3.55. The van der Waals surface area contributed by atoms with Gasteiger partial charge in [0.15, 0.2) is 0 Å². The second-order valence-corrected chi connectivity index (χ2v) is 6.30. The van der Waals surface area contributed by atoms with Gasteiger partial charge < -0.3 is 18.9 Å². The molecule has 6 nitrogen and oxygen atoms in total. The molecule has 2 aromatic rings. The molecule has 0 aromatic heterocycles. The maximum absolute atomic E-state index is 13.9. The molecule has 152 valence electrons. The number of aldehydes is 1. The maximum Gasteiger partial charge on any atom is 0.343 e. The number of carbonyl (C=O) groups excluding carboxylic acids is 2. The number of hydrogen-bond donors (Lipinski definition) is 0. The van der Waals surface area contributed by atoms with Crippen molar-refractivity contribution < 1.29 is 32.9 Å². The van der Waals surface area contributed by atoms with Crippen LogP contribution in [-0.4, -0.2) is 44.8 Å². The van der Waals surface area contributed by atoms with Gasteiger partial charge in [-0.3, -0.25) is 4.79 Å². The topological polar surface area (TPSA) is 74.4 Å². The van der Waals surface area contributed by atoms with Crippen LogP contribution in [0.25, 0.3) is 6.08 Å². The van der Waals surface area contributed by atoms with Crippen molar-refractivity contribution in [3.63, 3.8) is 0 Å². The second kappa shape index (κ2) is 10.5. The quantitative estimate of drug-likeness (QED) is 0.144. The number of halogens is 1.